The largest absolute Gasteiger partial charge is 1.00 e. The number of nitrogens with zero attached hydrogens (tertiary/aromatic N) is 1. The molecular formula is C10H19IN2O4. The number of hydrogen-bond donors (Lipinski definition) is 2. The average molecular weight is 358 g/mol. The molecule has 0 radical (unpaired) electrons. The fourth-order valence-corrected chi connectivity index (χ4v) is 2.10. The number of esters is 1. The first-order valence-corrected chi connectivity index (χ1v) is 5.09. The summed E-state index contributed by atoms with van der Waals surface area (Å²) in [5.41, 5.74) is -1.11. The third kappa shape index (κ3) is 3.78. The first-order valence-electron chi connectivity index (χ1n) is 5.09. The Hall–Kier alpha value is -0.410. The molecule has 0 aromatic heterocycles. The van der Waals surface area contributed by atoms with Gasteiger partial charge in [0, 0.05) is 6.42 Å². The van der Waals surface area contributed by atoms with Crippen LogP contribution < -0.4 is 29.3 Å². The number of rotatable bonds is 3. The van der Waals surface area contributed by atoms with Gasteiger partial charge in [0.2, 0.25) is 5.91 Å². The van der Waals surface area contributed by atoms with E-state index in [9.17, 15) is 14.7 Å². The van der Waals surface area contributed by atoms with Crippen molar-refractivity contribution in [2.75, 3.05) is 34.8 Å². The Morgan fingerprint density at radius 1 is 1.59 bits per heavy atom. The van der Waals surface area contributed by atoms with E-state index in [-0.39, 0.29) is 30.4 Å². The maximum absolute atomic E-state index is 11.7. The second kappa shape index (κ2) is 5.49. The van der Waals surface area contributed by atoms with Crippen molar-refractivity contribution in [3.63, 3.8) is 0 Å². The quantitative estimate of drug-likeness (QED) is 0.303. The molecule has 1 aliphatic rings. The van der Waals surface area contributed by atoms with Gasteiger partial charge in [-0.15, -0.1) is 0 Å². The molecule has 0 aromatic rings. The molecule has 2 atom stereocenters. The van der Waals surface area contributed by atoms with E-state index >= 15 is 0 Å². The van der Waals surface area contributed by atoms with Crippen molar-refractivity contribution in [2.24, 2.45) is 0 Å². The summed E-state index contributed by atoms with van der Waals surface area (Å²) in [6.07, 6.45) is -1.07. The highest BCUT2D eigenvalue weighted by molar-refractivity contribution is 5.94. The highest BCUT2D eigenvalue weighted by Crippen LogP contribution is 2.24. The number of carbonyl (C=O) groups is 2. The smallest absolute Gasteiger partial charge is 0.337 e. The van der Waals surface area contributed by atoms with Gasteiger partial charge in [0.1, 0.15) is 12.6 Å². The molecule has 0 aliphatic carbocycles. The summed E-state index contributed by atoms with van der Waals surface area (Å²) in [4.78, 5) is 23.1. The lowest BCUT2D eigenvalue weighted by molar-refractivity contribution is -0.873. The van der Waals surface area contributed by atoms with Gasteiger partial charge in [-0.2, -0.15) is 0 Å². The molecule has 0 saturated carbocycles. The number of halogens is 1. The molecule has 17 heavy (non-hydrogen) atoms. The highest BCUT2D eigenvalue weighted by atomic mass is 127. The van der Waals surface area contributed by atoms with Gasteiger partial charge in [-0.25, -0.2) is 4.79 Å². The van der Waals surface area contributed by atoms with Crippen molar-refractivity contribution >= 4 is 11.9 Å². The monoisotopic (exact) mass is 358 g/mol. The number of carbonyl (C=O) groups excluding carboxylic acids is 2. The number of methoxy groups -OCH3 is 1. The molecular weight excluding hydrogens is 339 g/mol. The number of aliphatic hydroxyl groups excluding tert-OH is 1. The molecule has 2 N–H and O–H groups in total. The van der Waals surface area contributed by atoms with E-state index in [1.54, 1.807) is 0 Å². The number of nitrogens with one attached hydrogen (secondary N) is 1. The Bertz CT molecular complexity index is 316. The van der Waals surface area contributed by atoms with Crippen molar-refractivity contribution in [1.29, 1.82) is 0 Å². The molecule has 1 saturated heterocycles. The van der Waals surface area contributed by atoms with Crippen LogP contribution in [0.3, 0.4) is 0 Å². The number of hydrogen-bond acceptors (Lipinski definition) is 4. The lowest BCUT2D eigenvalue weighted by Gasteiger charge is -2.34. The van der Waals surface area contributed by atoms with E-state index in [0.29, 0.717) is 11.0 Å². The summed E-state index contributed by atoms with van der Waals surface area (Å²) < 4.78 is 5.19. The Labute approximate surface area is 118 Å². The zero-order valence-corrected chi connectivity index (χ0v) is 12.6. The van der Waals surface area contributed by atoms with E-state index in [2.05, 4.69) is 5.32 Å². The van der Waals surface area contributed by atoms with Crippen molar-refractivity contribution in [3.8, 4) is 0 Å². The molecule has 0 aromatic carbocycles. The van der Waals surface area contributed by atoms with E-state index in [4.69, 9.17) is 4.74 Å². The third-order valence-electron chi connectivity index (χ3n) is 2.53. The van der Waals surface area contributed by atoms with Gasteiger partial charge < -0.3 is 43.6 Å². The molecule has 1 heterocycles. The molecule has 1 aliphatic heterocycles. The first-order chi connectivity index (χ1) is 7.20. The van der Waals surface area contributed by atoms with E-state index in [1.165, 1.54) is 7.11 Å². The van der Waals surface area contributed by atoms with Crippen molar-refractivity contribution in [2.45, 2.75) is 18.1 Å². The second-order valence-corrected chi connectivity index (χ2v) is 5.23. The minimum Gasteiger partial charge on any atom is -1.00 e. The molecule has 1 fully saturated rings. The van der Waals surface area contributed by atoms with E-state index in [0.717, 1.165) is 0 Å². The maximum Gasteiger partial charge on any atom is 0.337 e. The topological polar surface area (TPSA) is 75.6 Å². The minimum absolute atomic E-state index is 0. The van der Waals surface area contributed by atoms with Gasteiger partial charge >= 0.3 is 5.97 Å². The summed E-state index contributed by atoms with van der Waals surface area (Å²) in [6.45, 7) is 0.377. The van der Waals surface area contributed by atoms with Crippen molar-refractivity contribution in [3.05, 3.63) is 0 Å². The van der Waals surface area contributed by atoms with Gasteiger partial charge in [0.15, 0.2) is 5.54 Å². The molecule has 0 unspecified atom stereocenters. The summed E-state index contributed by atoms with van der Waals surface area (Å²) >= 11 is 0. The predicted octanol–water partition coefficient (Wildman–Crippen LogP) is -4.51. The fraction of sp³-hybridized carbons (Fsp3) is 0.800. The molecule has 6 nitrogen and oxygen atoms in total. The zero-order chi connectivity index (χ0) is 12.6. The van der Waals surface area contributed by atoms with Gasteiger partial charge in [-0.1, -0.05) is 0 Å². The lowest BCUT2D eigenvalue weighted by atomic mass is 9.95. The Morgan fingerprint density at radius 2 is 2.12 bits per heavy atom. The first kappa shape index (κ1) is 16.6. The van der Waals surface area contributed by atoms with Crippen LogP contribution >= 0.6 is 0 Å². The normalized spacial score (nSPS) is 28.3. The van der Waals surface area contributed by atoms with Crippen LogP contribution in [0.15, 0.2) is 0 Å². The van der Waals surface area contributed by atoms with Crippen LogP contribution in [-0.4, -0.2) is 67.9 Å². The van der Waals surface area contributed by atoms with Crippen molar-refractivity contribution in [1.82, 2.24) is 5.32 Å². The van der Waals surface area contributed by atoms with Crippen LogP contribution in [0.2, 0.25) is 0 Å². The molecule has 0 bridgehead atoms. The van der Waals surface area contributed by atoms with Gasteiger partial charge in [-0.05, 0) is 0 Å². The number of amides is 1. The number of quaternary nitrogens is 1. The van der Waals surface area contributed by atoms with E-state index < -0.39 is 23.5 Å². The molecule has 1 rings (SSSR count). The van der Waals surface area contributed by atoms with Crippen LogP contribution in [0.1, 0.15) is 6.42 Å². The minimum atomic E-state index is -1.13. The predicted molar refractivity (Wildman–Crippen MR) is 56.4 cm³/mol. The molecule has 100 valence electrons. The van der Waals surface area contributed by atoms with Crippen molar-refractivity contribution < 1.29 is 47.9 Å². The van der Waals surface area contributed by atoms with Crippen LogP contribution in [0.5, 0.6) is 0 Å². The summed E-state index contributed by atoms with van der Waals surface area (Å²) in [5.74, 6) is -1.02. The van der Waals surface area contributed by atoms with Gasteiger partial charge in [0.25, 0.3) is 0 Å². The zero-order valence-electron chi connectivity index (χ0n) is 10.5. The number of likely N-dealkylation sites (N-methyl/N-ethyl adjacent to an activating group) is 1. The van der Waals surface area contributed by atoms with Crippen LogP contribution in [0, 0.1) is 0 Å². The second-order valence-electron chi connectivity index (χ2n) is 5.23. The Kier molecular flexibility index (Phi) is 5.36. The number of aliphatic hydroxyl groups is 1. The van der Waals surface area contributed by atoms with Gasteiger partial charge in [-0.3, -0.25) is 4.79 Å². The van der Waals surface area contributed by atoms with Crippen LogP contribution in [-0.2, 0) is 14.3 Å². The number of ether oxygens (including phenoxy) is 1. The average Bonchev–Trinajstić information content (AvgIpc) is 2.39. The maximum atomic E-state index is 11.7. The van der Waals surface area contributed by atoms with Crippen LogP contribution in [0.4, 0.5) is 0 Å². The van der Waals surface area contributed by atoms with Gasteiger partial charge in [0.05, 0.1) is 28.3 Å². The molecule has 1 amide bonds. The SMILES string of the molecule is COC(=O)[C@@]1(C[N+](C)(C)C)C[C@@H](O)C(=O)N1.[I-]. The van der Waals surface area contributed by atoms with Crippen LogP contribution in [0.25, 0.3) is 0 Å². The molecule has 7 heteroatoms. The van der Waals surface area contributed by atoms with E-state index in [1.807, 2.05) is 21.1 Å². The highest BCUT2D eigenvalue weighted by Gasteiger charge is 2.53. The standard InChI is InChI=1S/C10H18N2O4.HI/c1-12(2,3)6-10(9(15)16-4)5-7(13)8(14)11-10;/h7,13H,5-6H2,1-4H3;1H/t7-,10+;/m1./s1. The Morgan fingerprint density at radius 3 is 2.41 bits per heavy atom. The summed E-state index contributed by atoms with van der Waals surface area (Å²) in [5, 5.41) is 12.0. The molecule has 0 spiro atoms. The summed E-state index contributed by atoms with van der Waals surface area (Å²) in [6, 6.07) is 0. The fourth-order valence-electron chi connectivity index (χ4n) is 2.10. The third-order valence-corrected chi connectivity index (χ3v) is 2.53. The Balaban J connectivity index is 0.00000256. The lowest BCUT2D eigenvalue weighted by Crippen LogP contribution is -3.00. The summed E-state index contributed by atoms with van der Waals surface area (Å²) in [7, 11) is 6.99.